The van der Waals surface area contributed by atoms with Crippen LogP contribution in [0.3, 0.4) is 0 Å². The van der Waals surface area contributed by atoms with Crippen molar-refractivity contribution >= 4 is 27.6 Å². The zero-order valence-corrected chi connectivity index (χ0v) is 17.7. The lowest BCUT2D eigenvalue weighted by molar-refractivity contribution is -0.667. The molecule has 0 aliphatic heterocycles. The molecule has 4 aromatic rings. The maximum atomic E-state index is 9.23. The average molecular weight is 407 g/mol. The molecule has 0 saturated carbocycles. The molecule has 0 saturated heterocycles. The summed E-state index contributed by atoms with van der Waals surface area (Å²) in [5.41, 5.74) is 1.76. The molecule has 2 aromatic carbocycles. The Labute approximate surface area is 191 Å². The van der Waals surface area contributed by atoms with Crippen molar-refractivity contribution in [1.29, 1.82) is 0 Å². The molecule has 3 heteroatoms. The van der Waals surface area contributed by atoms with Gasteiger partial charge in [0, 0.05) is 40.3 Å². The summed E-state index contributed by atoms with van der Waals surface area (Å²) in [6.45, 7) is 8.74. The van der Waals surface area contributed by atoms with Gasteiger partial charge in [-0.25, -0.2) is 4.85 Å². The van der Waals surface area contributed by atoms with Crippen LogP contribution in [-0.4, -0.2) is 0 Å². The summed E-state index contributed by atoms with van der Waals surface area (Å²) in [7, 11) is 1.61. The number of hydrogen-bond acceptors (Lipinski definition) is 1. The van der Waals surface area contributed by atoms with E-state index in [9.17, 15) is 1.37 Å². The molecule has 0 radical (unpaired) electrons. The van der Waals surface area contributed by atoms with Gasteiger partial charge in [-0.3, -0.25) is 0 Å². The first-order valence-corrected chi connectivity index (χ1v) is 9.76. The van der Waals surface area contributed by atoms with Crippen LogP contribution < -0.4 is 4.57 Å². The molecule has 0 fully saturated rings. The van der Waals surface area contributed by atoms with E-state index in [1.165, 1.54) is 6.07 Å². The van der Waals surface area contributed by atoms with Crippen molar-refractivity contribution in [2.75, 3.05) is 0 Å². The highest BCUT2D eigenvalue weighted by atomic mass is 16.3. The molecule has 4 rings (SSSR count). The van der Waals surface area contributed by atoms with E-state index in [4.69, 9.17) is 22.0 Å². The Kier molecular flexibility index (Phi) is 2.89. The normalized spacial score (nSPS) is 17.3. The number of hydrogen-bond donors (Lipinski definition) is 0. The molecule has 0 amide bonds. The van der Waals surface area contributed by atoms with Crippen LogP contribution >= 0.6 is 0 Å². The van der Waals surface area contributed by atoms with Crippen LogP contribution in [-0.2, 0) is 13.4 Å². The zero-order chi connectivity index (χ0) is 29.4. The van der Waals surface area contributed by atoms with Crippen LogP contribution in [0.2, 0.25) is 0 Å². The summed E-state index contributed by atoms with van der Waals surface area (Å²) < 4.78 is 83.8. The van der Waals surface area contributed by atoms with Crippen molar-refractivity contribution in [3.05, 3.63) is 69.7 Å². The van der Waals surface area contributed by atoms with Crippen molar-refractivity contribution in [2.45, 2.75) is 47.8 Å². The van der Waals surface area contributed by atoms with Gasteiger partial charge >= 0.3 is 0 Å². The quantitative estimate of drug-likeness (QED) is 0.263. The van der Waals surface area contributed by atoms with Crippen LogP contribution in [0, 0.1) is 40.0 Å². The Morgan fingerprint density at radius 1 is 1.23 bits per heavy atom. The number of rotatable bonds is 3. The number of aromatic nitrogens is 1. The van der Waals surface area contributed by atoms with Crippen LogP contribution in [0.4, 0.5) is 5.69 Å². The third kappa shape index (κ3) is 3.08. The molecule has 0 aliphatic rings. The Balaban J connectivity index is 2.30. The first-order valence-electron chi connectivity index (χ1n) is 14.3. The van der Waals surface area contributed by atoms with Crippen molar-refractivity contribution in [2.24, 2.45) is 13.0 Å². The first-order chi connectivity index (χ1) is 17.8. The molecule has 3 nitrogen and oxygen atoms in total. The highest BCUT2D eigenvalue weighted by Crippen LogP contribution is 2.40. The first kappa shape index (κ1) is 11.9. The van der Waals surface area contributed by atoms with E-state index in [-0.39, 0.29) is 45.1 Å². The van der Waals surface area contributed by atoms with Gasteiger partial charge in [0.2, 0.25) is 5.69 Å². The van der Waals surface area contributed by atoms with Crippen molar-refractivity contribution in [3.8, 4) is 11.3 Å². The van der Waals surface area contributed by atoms with Gasteiger partial charge in [-0.15, -0.1) is 0 Å². The summed E-state index contributed by atoms with van der Waals surface area (Å²) in [6.07, 6.45) is -2.15. The van der Waals surface area contributed by atoms with E-state index in [0.29, 0.717) is 27.8 Å². The minimum Gasteiger partial charge on any atom is -0.455 e. The summed E-state index contributed by atoms with van der Waals surface area (Å²) in [4.78, 5) is 3.46. The summed E-state index contributed by atoms with van der Waals surface area (Å²) in [5.74, 6) is -0.639. The highest BCUT2D eigenvalue weighted by molar-refractivity contribution is 6.12. The molecule has 0 spiro atoms. The predicted octanol–water partition coefficient (Wildman–Crippen LogP) is 7.06. The average Bonchev–Trinajstić information content (AvgIpc) is 3.18. The smallest absolute Gasteiger partial charge is 0.216 e. The van der Waals surface area contributed by atoms with Gasteiger partial charge < -0.3 is 4.42 Å². The molecule has 0 unspecified atom stereocenters. The molecule has 0 N–H and O–H groups in total. The molecule has 30 heavy (non-hydrogen) atoms. The fourth-order valence-electron chi connectivity index (χ4n) is 3.84. The maximum absolute atomic E-state index is 9.23. The van der Waals surface area contributed by atoms with Crippen molar-refractivity contribution in [1.82, 2.24) is 0 Å². The Bertz CT molecular complexity index is 1690. The van der Waals surface area contributed by atoms with Crippen LogP contribution in [0.1, 0.15) is 54.1 Å². The fourth-order valence-corrected chi connectivity index (χ4v) is 3.84. The third-order valence-electron chi connectivity index (χ3n) is 5.42. The Morgan fingerprint density at radius 2 is 2.03 bits per heavy atom. The van der Waals surface area contributed by atoms with Gasteiger partial charge in [0.15, 0.2) is 11.4 Å². The van der Waals surface area contributed by atoms with Gasteiger partial charge in [0.1, 0.15) is 18.2 Å². The molecule has 0 atom stereocenters. The number of aryl methyl sites for hydroxylation is 2. The Morgan fingerprint density at radius 3 is 2.70 bits per heavy atom. The number of fused-ring (bicyclic) bond motifs is 3. The Hall–Kier alpha value is -3.12. The second kappa shape index (κ2) is 7.29. The van der Waals surface area contributed by atoms with E-state index < -0.39 is 26.0 Å². The second-order valence-electron chi connectivity index (χ2n) is 7.88. The van der Waals surface area contributed by atoms with E-state index in [0.717, 1.165) is 0 Å². The maximum Gasteiger partial charge on any atom is 0.216 e. The van der Waals surface area contributed by atoms with Gasteiger partial charge in [0.25, 0.3) is 0 Å². The molecule has 0 bridgehead atoms. The minimum absolute atomic E-state index is 0.0300. The lowest BCUT2D eigenvalue weighted by Gasteiger charge is -2.14. The van der Waals surface area contributed by atoms with Gasteiger partial charge in [0.05, 0.1) is 13.5 Å². The predicted molar refractivity (Wildman–Crippen MR) is 124 cm³/mol. The standard InChI is InChI=1S/C27H29N2O/c1-15(2)11-20-13-23(29(8)19(6)18(20)5)26-17(4)12-16(3)25-22-14-21(28-7)9-10-24(22)30-27(25)26/h9-10,12-15H,11H2,1-6,8H3/q+1/i3D3,5D3,11D2,13D. The van der Waals surface area contributed by atoms with Crippen LogP contribution in [0.25, 0.3) is 38.0 Å². The van der Waals surface area contributed by atoms with E-state index in [1.54, 1.807) is 57.5 Å². The van der Waals surface area contributed by atoms with Crippen LogP contribution in [0.15, 0.2) is 34.7 Å². The van der Waals surface area contributed by atoms with Gasteiger partial charge in [-0.05, 0) is 61.7 Å². The highest BCUT2D eigenvalue weighted by Gasteiger charge is 2.25. The van der Waals surface area contributed by atoms with Crippen molar-refractivity contribution in [3.63, 3.8) is 0 Å². The molecule has 2 heterocycles. The zero-order valence-electron chi connectivity index (χ0n) is 26.7. The largest absolute Gasteiger partial charge is 0.455 e. The summed E-state index contributed by atoms with van der Waals surface area (Å²) in [6, 6.07) is 5.93. The second-order valence-corrected chi connectivity index (χ2v) is 7.88. The third-order valence-corrected chi connectivity index (χ3v) is 5.42. The SMILES string of the molecule is [2H]c1c(C([2H])([2H])C(C)C)c(C([2H])([2H])[2H])c(C)[n+](C)c1-c1c(C)cc(C([2H])([2H])[2H])c2c1oc1ccc([N+]#[C-])cc12. The van der Waals surface area contributed by atoms with Gasteiger partial charge in [-0.2, -0.15) is 4.57 Å². The lowest BCUT2D eigenvalue weighted by Crippen LogP contribution is -2.36. The van der Waals surface area contributed by atoms with E-state index >= 15 is 0 Å². The molecule has 152 valence electrons. The number of pyridine rings is 1. The molecular formula is C27H29N2O+. The molecule has 0 aliphatic carbocycles. The summed E-state index contributed by atoms with van der Waals surface area (Å²) >= 11 is 0. The molecular weight excluding hydrogens is 368 g/mol. The summed E-state index contributed by atoms with van der Waals surface area (Å²) in [5, 5.41) is 0.718. The monoisotopic (exact) mass is 406 g/mol. The number of benzene rings is 2. The fraction of sp³-hybridized carbons (Fsp3) is 0.333. The number of furan rings is 1. The van der Waals surface area contributed by atoms with Gasteiger partial charge in [-0.1, -0.05) is 26.0 Å². The number of nitrogens with zero attached hydrogens (tertiary/aromatic N) is 2. The minimum atomic E-state index is -2.68. The lowest BCUT2D eigenvalue weighted by atomic mass is 9.92. The topological polar surface area (TPSA) is 21.4 Å². The van der Waals surface area contributed by atoms with Crippen molar-refractivity contribution < 1.29 is 21.3 Å². The van der Waals surface area contributed by atoms with E-state index in [1.807, 2.05) is 0 Å². The van der Waals surface area contributed by atoms with E-state index in [2.05, 4.69) is 4.85 Å². The van der Waals surface area contributed by atoms with Crippen LogP contribution in [0.5, 0.6) is 0 Å². The molecule has 2 aromatic heterocycles.